The summed E-state index contributed by atoms with van der Waals surface area (Å²) in [5.74, 6) is -2.66. The van der Waals surface area contributed by atoms with Gasteiger partial charge >= 0.3 is 24.2 Å². The van der Waals surface area contributed by atoms with Crippen LogP contribution in [0.25, 0.3) is 0 Å². The van der Waals surface area contributed by atoms with E-state index >= 15 is 0 Å². The van der Waals surface area contributed by atoms with Crippen LogP contribution in [-0.2, 0) is 28.5 Å². The highest BCUT2D eigenvalue weighted by atomic mass is 19.4. The molecule has 2 aromatic rings. The Balaban J connectivity index is 2.27. The molecule has 0 bridgehead atoms. The maximum absolute atomic E-state index is 12.9. The van der Waals surface area contributed by atoms with Crippen LogP contribution in [0.15, 0.2) is 48.5 Å². The van der Waals surface area contributed by atoms with Gasteiger partial charge in [-0.2, -0.15) is 26.3 Å². The van der Waals surface area contributed by atoms with Crippen molar-refractivity contribution in [1.29, 1.82) is 0 Å². The SMILES string of the molecule is O=C(Nc1cc(C(F)(F)F)cc(C(F)(F)F)c1)C(=O)N(CCO)Cc1ccccc1. The molecule has 0 heterocycles. The molecule has 2 N–H and O–H groups in total. The Morgan fingerprint density at radius 2 is 1.43 bits per heavy atom. The maximum Gasteiger partial charge on any atom is 0.416 e. The van der Waals surface area contributed by atoms with E-state index in [2.05, 4.69) is 0 Å². The smallest absolute Gasteiger partial charge is 0.395 e. The molecule has 0 saturated carbocycles. The second-order valence-corrected chi connectivity index (χ2v) is 6.18. The van der Waals surface area contributed by atoms with Gasteiger partial charge in [-0.15, -0.1) is 0 Å². The van der Waals surface area contributed by atoms with E-state index in [0.717, 1.165) is 4.90 Å². The number of rotatable bonds is 5. The molecule has 11 heteroatoms. The molecule has 0 aliphatic heterocycles. The van der Waals surface area contributed by atoms with Gasteiger partial charge in [0, 0.05) is 18.8 Å². The van der Waals surface area contributed by atoms with Gasteiger partial charge in [0.1, 0.15) is 0 Å². The van der Waals surface area contributed by atoms with E-state index in [9.17, 15) is 35.9 Å². The predicted octanol–water partition coefficient (Wildman–Crippen LogP) is 3.68. The van der Waals surface area contributed by atoms with E-state index in [1.54, 1.807) is 35.6 Å². The Bertz CT molecular complexity index is 865. The fraction of sp³-hybridized carbons (Fsp3) is 0.263. The normalized spacial score (nSPS) is 11.8. The molecule has 0 saturated heterocycles. The molecule has 0 aliphatic rings. The lowest BCUT2D eigenvalue weighted by Crippen LogP contribution is -2.40. The first-order valence-electron chi connectivity index (χ1n) is 8.46. The summed E-state index contributed by atoms with van der Waals surface area (Å²) in [6.07, 6.45) is -10.2. The van der Waals surface area contributed by atoms with Crippen molar-refractivity contribution in [3.05, 3.63) is 65.2 Å². The quantitative estimate of drug-likeness (QED) is 0.557. The molecule has 0 radical (unpaired) electrons. The summed E-state index contributed by atoms with van der Waals surface area (Å²) in [5.41, 5.74) is -3.49. The van der Waals surface area contributed by atoms with Gasteiger partial charge in [-0.25, -0.2) is 0 Å². The highest BCUT2D eigenvalue weighted by molar-refractivity contribution is 6.39. The lowest BCUT2D eigenvalue weighted by atomic mass is 10.1. The van der Waals surface area contributed by atoms with Crippen molar-refractivity contribution >= 4 is 17.5 Å². The summed E-state index contributed by atoms with van der Waals surface area (Å²) < 4.78 is 77.5. The number of alkyl halides is 6. The van der Waals surface area contributed by atoms with E-state index in [4.69, 9.17) is 5.11 Å². The Morgan fingerprint density at radius 1 is 0.900 bits per heavy atom. The van der Waals surface area contributed by atoms with Gasteiger partial charge in [0.2, 0.25) is 0 Å². The number of carbonyl (C=O) groups excluding carboxylic acids is 2. The number of carbonyl (C=O) groups is 2. The van der Waals surface area contributed by atoms with Crippen LogP contribution < -0.4 is 5.32 Å². The Labute approximate surface area is 166 Å². The molecule has 30 heavy (non-hydrogen) atoms. The average Bonchev–Trinajstić information content (AvgIpc) is 2.66. The second-order valence-electron chi connectivity index (χ2n) is 6.18. The molecule has 2 amide bonds. The van der Waals surface area contributed by atoms with Crippen molar-refractivity contribution in [2.24, 2.45) is 0 Å². The van der Waals surface area contributed by atoms with Crippen LogP contribution in [0.3, 0.4) is 0 Å². The first-order valence-corrected chi connectivity index (χ1v) is 8.46. The van der Waals surface area contributed by atoms with Gasteiger partial charge < -0.3 is 15.3 Å². The molecule has 2 rings (SSSR count). The number of halogens is 6. The molecule has 5 nitrogen and oxygen atoms in total. The van der Waals surface area contributed by atoms with E-state index < -0.39 is 47.6 Å². The highest BCUT2D eigenvalue weighted by Gasteiger charge is 2.37. The molecule has 0 spiro atoms. The minimum atomic E-state index is -5.10. The zero-order chi connectivity index (χ0) is 22.5. The van der Waals surface area contributed by atoms with Crippen molar-refractivity contribution < 1.29 is 41.0 Å². The minimum Gasteiger partial charge on any atom is -0.395 e. The van der Waals surface area contributed by atoms with Crippen LogP contribution in [-0.4, -0.2) is 35.0 Å². The van der Waals surface area contributed by atoms with E-state index in [1.165, 1.54) is 0 Å². The first-order chi connectivity index (χ1) is 13.9. The first kappa shape index (κ1) is 23.2. The van der Waals surface area contributed by atoms with E-state index in [1.807, 2.05) is 0 Å². The number of amides is 2. The number of anilines is 1. The highest BCUT2D eigenvalue weighted by Crippen LogP contribution is 2.37. The lowest BCUT2D eigenvalue weighted by molar-refractivity contribution is -0.144. The fourth-order valence-electron chi connectivity index (χ4n) is 2.53. The maximum atomic E-state index is 12.9. The number of hydrogen-bond acceptors (Lipinski definition) is 3. The third-order valence-corrected chi connectivity index (χ3v) is 3.91. The number of benzene rings is 2. The Hall–Kier alpha value is -3.08. The number of hydrogen-bond donors (Lipinski definition) is 2. The van der Waals surface area contributed by atoms with Crippen LogP contribution in [0.5, 0.6) is 0 Å². The topological polar surface area (TPSA) is 69.6 Å². The summed E-state index contributed by atoms with van der Waals surface area (Å²) in [6.45, 7) is -0.866. The summed E-state index contributed by atoms with van der Waals surface area (Å²) >= 11 is 0. The zero-order valence-corrected chi connectivity index (χ0v) is 15.2. The molecule has 162 valence electrons. The Kier molecular flexibility index (Phi) is 7.08. The summed E-state index contributed by atoms with van der Waals surface area (Å²) in [6, 6.07) is 8.82. The minimum absolute atomic E-state index is 0.0923. The molecule has 0 atom stereocenters. The van der Waals surface area contributed by atoms with Crippen LogP contribution in [0, 0.1) is 0 Å². The fourth-order valence-corrected chi connectivity index (χ4v) is 2.53. The molecule has 0 aliphatic carbocycles. The average molecular weight is 434 g/mol. The molecular weight excluding hydrogens is 418 g/mol. The third-order valence-electron chi connectivity index (χ3n) is 3.91. The van der Waals surface area contributed by atoms with Gasteiger partial charge in [0.05, 0.1) is 17.7 Å². The van der Waals surface area contributed by atoms with Crippen LogP contribution in [0.4, 0.5) is 32.0 Å². The van der Waals surface area contributed by atoms with Gasteiger partial charge in [-0.05, 0) is 23.8 Å². The monoisotopic (exact) mass is 434 g/mol. The van der Waals surface area contributed by atoms with Crippen molar-refractivity contribution in [2.75, 3.05) is 18.5 Å². The van der Waals surface area contributed by atoms with Crippen molar-refractivity contribution in [2.45, 2.75) is 18.9 Å². The molecule has 0 aromatic heterocycles. The number of nitrogens with zero attached hydrogens (tertiary/aromatic N) is 1. The van der Waals surface area contributed by atoms with Crippen molar-refractivity contribution in [1.82, 2.24) is 4.90 Å². The standard InChI is InChI=1S/C19H16F6N2O3/c20-18(21,22)13-8-14(19(23,24)25)10-15(9-13)26-16(29)17(30)27(6-7-28)11-12-4-2-1-3-5-12/h1-5,8-10,28H,6-7,11H2,(H,26,29). The van der Waals surface area contributed by atoms with Crippen LogP contribution in [0.2, 0.25) is 0 Å². The summed E-state index contributed by atoms with van der Waals surface area (Å²) in [4.78, 5) is 25.5. The van der Waals surface area contributed by atoms with E-state index in [0.29, 0.717) is 17.7 Å². The third kappa shape index (κ3) is 6.21. The number of aliphatic hydroxyl groups excluding tert-OH is 1. The molecule has 0 unspecified atom stereocenters. The van der Waals surface area contributed by atoms with E-state index in [-0.39, 0.29) is 19.2 Å². The summed E-state index contributed by atoms with van der Waals surface area (Å²) in [5, 5.41) is 10.9. The van der Waals surface area contributed by atoms with Gasteiger partial charge in [0.25, 0.3) is 0 Å². The van der Waals surface area contributed by atoms with Crippen molar-refractivity contribution in [3.8, 4) is 0 Å². The molecule has 2 aromatic carbocycles. The van der Waals surface area contributed by atoms with Crippen LogP contribution >= 0.6 is 0 Å². The largest absolute Gasteiger partial charge is 0.416 e. The number of aliphatic hydroxyl groups is 1. The number of nitrogens with one attached hydrogen (secondary N) is 1. The van der Waals surface area contributed by atoms with Crippen LogP contribution in [0.1, 0.15) is 16.7 Å². The zero-order valence-electron chi connectivity index (χ0n) is 15.2. The van der Waals surface area contributed by atoms with Crippen molar-refractivity contribution in [3.63, 3.8) is 0 Å². The summed E-state index contributed by atoms with van der Waals surface area (Å²) in [7, 11) is 0. The van der Waals surface area contributed by atoms with Gasteiger partial charge in [-0.1, -0.05) is 30.3 Å². The Morgan fingerprint density at radius 3 is 1.90 bits per heavy atom. The van der Waals surface area contributed by atoms with Gasteiger partial charge in [0.15, 0.2) is 0 Å². The van der Waals surface area contributed by atoms with Gasteiger partial charge in [-0.3, -0.25) is 9.59 Å². The lowest BCUT2D eigenvalue weighted by Gasteiger charge is -2.21. The predicted molar refractivity (Wildman–Crippen MR) is 94.0 cm³/mol. The molecular formula is C19H16F6N2O3. The second kappa shape index (κ2) is 9.16. The molecule has 0 fully saturated rings.